The van der Waals surface area contributed by atoms with Gasteiger partial charge in [-0.25, -0.2) is 5.43 Å². The quantitative estimate of drug-likeness (QED) is 0.517. The molecule has 0 aliphatic carbocycles. The third-order valence-corrected chi connectivity index (χ3v) is 5.48. The van der Waals surface area contributed by atoms with Crippen molar-refractivity contribution in [2.45, 2.75) is 6.04 Å². The monoisotopic (exact) mass is 444 g/mol. The largest absolute Gasteiger partial charge is 0.497 e. The Balaban J connectivity index is 1.70. The first-order valence-electron chi connectivity index (χ1n) is 10.6. The summed E-state index contributed by atoms with van der Waals surface area (Å²) in [5.41, 5.74) is 7.53. The summed E-state index contributed by atoms with van der Waals surface area (Å²) >= 11 is 0. The van der Waals surface area contributed by atoms with E-state index in [9.17, 15) is 0 Å². The van der Waals surface area contributed by atoms with Gasteiger partial charge in [0.2, 0.25) is 0 Å². The van der Waals surface area contributed by atoms with Gasteiger partial charge in [-0.15, -0.1) is 0 Å². The lowest BCUT2D eigenvalue weighted by Crippen LogP contribution is -2.35. The van der Waals surface area contributed by atoms with E-state index in [4.69, 9.17) is 18.9 Å². The van der Waals surface area contributed by atoms with E-state index in [-0.39, 0.29) is 6.04 Å². The smallest absolute Gasteiger partial charge is 0.131 e. The van der Waals surface area contributed by atoms with Crippen molar-refractivity contribution in [2.75, 3.05) is 33.4 Å². The molecule has 1 aliphatic heterocycles. The van der Waals surface area contributed by atoms with Crippen LogP contribution < -0.4 is 29.4 Å². The van der Waals surface area contributed by atoms with Gasteiger partial charge in [-0.3, -0.25) is 5.01 Å². The third-order valence-electron chi connectivity index (χ3n) is 5.48. The minimum atomic E-state index is -0.0428. The second kappa shape index (κ2) is 10.1. The van der Waals surface area contributed by atoms with Crippen molar-refractivity contribution in [3.05, 3.63) is 90.0 Å². The Hall–Kier alpha value is -3.90. The van der Waals surface area contributed by atoms with Gasteiger partial charge in [0, 0.05) is 23.3 Å². The third kappa shape index (κ3) is 4.81. The van der Waals surface area contributed by atoms with Gasteiger partial charge in [0.15, 0.2) is 0 Å². The van der Waals surface area contributed by atoms with Gasteiger partial charge in [0.25, 0.3) is 0 Å². The van der Waals surface area contributed by atoms with Crippen LogP contribution >= 0.6 is 0 Å². The summed E-state index contributed by atoms with van der Waals surface area (Å²) in [6, 6.07) is 21.8. The summed E-state index contributed by atoms with van der Waals surface area (Å²) in [6.45, 7) is 0. The van der Waals surface area contributed by atoms with Crippen molar-refractivity contribution >= 4 is 17.5 Å². The van der Waals surface area contributed by atoms with Gasteiger partial charge in [-0.2, -0.15) is 0 Å². The fourth-order valence-corrected chi connectivity index (χ4v) is 3.77. The second-order valence-corrected chi connectivity index (χ2v) is 7.41. The Bertz CT molecular complexity index is 1160. The standard InChI is InChI=1S/C27H28N2O4/c1-30-22-13-11-19(26(17-22)32-3)10-12-20-16-25(29(28-20)21-8-6-5-7-9-21)24-15-14-23(31-2)18-27(24)33-4/h5-18,20,28H,1-4H3. The molecule has 0 saturated heterocycles. The topological polar surface area (TPSA) is 52.2 Å². The van der Waals surface area contributed by atoms with Gasteiger partial charge < -0.3 is 18.9 Å². The first kappa shape index (κ1) is 22.3. The molecule has 0 saturated carbocycles. The summed E-state index contributed by atoms with van der Waals surface area (Å²) in [4.78, 5) is 0. The van der Waals surface area contributed by atoms with E-state index in [1.165, 1.54) is 0 Å². The van der Waals surface area contributed by atoms with Gasteiger partial charge in [0.1, 0.15) is 23.0 Å². The van der Waals surface area contributed by atoms with Gasteiger partial charge >= 0.3 is 0 Å². The molecular weight excluding hydrogens is 416 g/mol. The molecule has 0 radical (unpaired) electrons. The van der Waals surface area contributed by atoms with Crippen LogP contribution in [0, 0.1) is 0 Å². The molecular formula is C27H28N2O4. The number of benzene rings is 3. The Morgan fingerprint density at radius 3 is 2.09 bits per heavy atom. The molecule has 6 heteroatoms. The average molecular weight is 445 g/mol. The van der Waals surface area contributed by atoms with Crippen molar-refractivity contribution < 1.29 is 18.9 Å². The Labute approximate surface area is 194 Å². The molecule has 0 spiro atoms. The maximum Gasteiger partial charge on any atom is 0.131 e. The number of nitrogens with zero attached hydrogens (tertiary/aromatic N) is 1. The molecule has 3 aromatic carbocycles. The molecule has 170 valence electrons. The summed E-state index contributed by atoms with van der Waals surface area (Å²) in [6.07, 6.45) is 6.32. The van der Waals surface area contributed by atoms with Gasteiger partial charge in [-0.05, 0) is 42.5 Å². The van der Waals surface area contributed by atoms with Gasteiger partial charge in [0.05, 0.1) is 45.9 Å². The molecule has 1 aliphatic rings. The minimum Gasteiger partial charge on any atom is -0.497 e. The number of para-hydroxylation sites is 1. The summed E-state index contributed by atoms with van der Waals surface area (Å²) in [7, 11) is 6.62. The maximum atomic E-state index is 5.68. The van der Waals surface area contributed by atoms with Crippen LogP contribution in [0.5, 0.6) is 23.0 Å². The highest BCUT2D eigenvalue weighted by Crippen LogP contribution is 2.36. The Kier molecular flexibility index (Phi) is 6.86. The molecule has 1 unspecified atom stereocenters. The molecule has 33 heavy (non-hydrogen) atoms. The highest BCUT2D eigenvalue weighted by atomic mass is 16.5. The predicted octanol–water partition coefficient (Wildman–Crippen LogP) is 5.17. The van der Waals surface area contributed by atoms with Crippen LogP contribution in [0.25, 0.3) is 11.8 Å². The molecule has 6 nitrogen and oxygen atoms in total. The van der Waals surface area contributed by atoms with Crippen molar-refractivity contribution in [1.29, 1.82) is 0 Å². The van der Waals surface area contributed by atoms with Gasteiger partial charge in [-0.1, -0.05) is 30.4 Å². The zero-order valence-corrected chi connectivity index (χ0v) is 19.2. The number of rotatable bonds is 8. The number of anilines is 1. The molecule has 1 N–H and O–H groups in total. The van der Waals surface area contributed by atoms with E-state index in [1.54, 1.807) is 28.4 Å². The van der Waals surface area contributed by atoms with Crippen LogP contribution in [-0.2, 0) is 0 Å². The molecule has 0 aromatic heterocycles. The van der Waals surface area contributed by atoms with Crippen molar-refractivity contribution in [3.63, 3.8) is 0 Å². The predicted molar refractivity (Wildman–Crippen MR) is 132 cm³/mol. The highest BCUT2D eigenvalue weighted by molar-refractivity contribution is 5.84. The number of ether oxygens (including phenoxy) is 4. The number of hydrazine groups is 1. The van der Waals surface area contributed by atoms with Crippen LogP contribution in [-0.4, -0.2) is 34.5 Å². The van der Waals surface area contributed by atoms with Crippen LogP contribution in [0.1, 0.15) is 11.1 Å². The summed E-state index contributed by atoms with van der Waals surface area (Å²) in [5.74, 6) is 3.00. The molecule has 1 atom stereocenters. The zero-order chi connectivity index (χ0) is 23.2. The lowest BCUT2D eigenvalue weighted by Gasteiger charge is -2.25. The van der Waals surface area contributed by atoms with Crippen LogP contribution in [0.15, 0.2) is 78.9 Å². The van der Waals surface area contributed by atoms with E-state index in [0.29, 0.717) is 0 Å². The van der Waals surface area contributed by atoms with Crippen LogP contribution in [0.3, 0.4) is 0 Å². The fraction of sp³-hybridized carbons (Fsp3) is 0.185. The molecule has 3 aromatic rings. The van der Waals surface area contributed by atoms with Crippen molar-refractivity contribution in [2.24, 2.45) is 0 Å². The molecule has 4 rings (SSSR count). The SMILES string of the molecule is COc1ccc(C=CC2C=C(c3ccc(OC)cc3OC)N(c3ccccc3)N2)c(OC)c1. The molecule has 0 fully saturated rings. The molecule has 0 amide bonds. The number of nitrogens with one attached hydrogen (secondary N) is 1. The normalized spacial score (nSPS) is 15.5. The van der Waals surface area contributed by atoms with E-state index < -0.39 is 0 Å². The molecule has 0 bridgehead atoms. The Morgan fingerprint density at radius 1 is 0.758 bits per heavy atom. The van der Waals surface area contributed by atoms with E-state index in [0.717, 1.165) is 45.5 Å². The first-order chi connectivity index (χ1) is 16.2. The van der Waals surface area contributed by atoms with Crippen molar-refractivity contribution in [3.8, 4) is 23.0 Å². The Morgan fingerprint density at radius 2 is 1.42 bits per heavy atom. The van der Waals surface area contributed by atoms with Crippen molar-refractivity contribution in [1.82, 2.24) is 5.43 Å². The van der Waals surface area contributed by atoms with E-state index in [1.807, 2.05) is 60.7 Å². The van der Waals surface area contributed by atoms with Crippen LogP contribution in [0.4, 0.5) is 5.69 Å². The minimum absolute atomic E-state index is 0.0428. The second-order valence-electron chi connectivity index (χ2n) is 7.41. The zero-order valence-electron chi connectivity index (χ0n) is 19.2. The lowest BCUT2D eigenvalue weighted by atomic mass is 10.1. The lowest BCUT2D eigenvalue weighted by molar-refractivity contribution is 0.393. The summed E-state index contributed by atoms with van der Waals surface area (Å²) in [5, 5.41) is 2.07. The highest BCUT2D eigenvalue weighted by Gasteiger charge is 2.26. The fourth-order valence-electron chi connectivity index (χ4n) is 3.77. The van der Waals surface area contributed by atoms with E-state index in [2.05, 4.69) is 34.7 Å². The number of hydrogen-bond acceptors (Lipinski definition) is 6. The summed E-state index contributed by atoms with van der Waals surface area (Å²) < 4.78 is 21.9. The number of methoxy groups -OCH3 is 4. The van der Waals surface area contributed by atoms with Crippen LogP contribution in [0.2, 0.25) is 0 Å². The maximum absolute atomic E-state index is 5.68. The average Bonchev–Trinajstić information content (AvgIpc) is 3.31. The number of hydrogen-bond donors (Lipinski definition) is 1. The van der Waals surface area contributed by atoms with E-state index >= 15 is 0 Å². The molecule has 1 heterocycles. The first-order valence-corrected chi connectivity index (χ1v) is 10.6.